The molecular formula is C17H34BrNO2. The van der Waals surface area contributed by atoms with E-state index in [0.29, 0.717) is 10.5 Å². The van der Waals surface area contributed by atoms with Crippen molar-refractivity contribution in [3.8, 4) is 0 Å². The lowest BCUT2D eigenvalue weighted by Gasteiger charge is -2.05. The van der Waals surface area contributed by atoms with Crippen molar-refractivity contribution in [2.75, 3.05) is 0 Å². The second kappa shape index (κ2) is 16.3. The average molecular weight is 364 g/mol. The first-order chi connectivity index (χ1) is 10.2. The minimum Gasteiger partial charge on any atom is -0.275 e. The van der Waals surface area contributed by atoms with Crippen LogP contribution in [0.5, 0.6) is 0 Å². The molecule has 1 amide bonds. The van der Waals surface area contributed by atoms with Crippen LogP contribution in [0.1, 0.15) is 103 Å². The number of unbranched alkanes of at least 4 members (excludes halogenated alkanes) is 13. The molecule has 21 heavy (non-hydrogen) atoms. The van der Waals surface area contributed by atoms with E-state index in [0.717, 1.165) is 12.8 Å². The minimum absolute atomic E-state index is 0.256. The molecule has 0 spiro atoms. The minimum atomic E-state index is -0.256. The van der Waals surface area contributed by atoms with Gasteiger partial charge in [-0.15, -0.1) is 0 Å². The van der Waals surface area contributed by atoms with E-state index >= 15 is 0 Å². The maximum atomic E-state index is 11.1. The zero-order valence-electron chi connectivity index (χ0n) is 13.8. The van der Waals surface area contributed by atoms with E-state index in [-0.39, 0.29) is 5.91 Å². The maximum Gasteiger partial charge on any atom is 0.256 e. The van der Waals surface area contributed by atoms with E-state index in [2.05, 4.69) is 23.1 Å². The molecule has 0 fully saturated rings. The Morgan fingerprint density at radius 3 is 1.43 bits per heavy atom. The fourth-order valence-electron chi connectivity index (χ4n) is 2.56. The molecule has 0 heterocycles. The molecular weight excluding hydrogens is 330 g/mol. The molecule has 0 aliphatic rings. The van der Waals surface area contributed by atoms with Crippen molar-refractivity contribution < 1.29 is 10.0 Å². The summed E-state index contributed by atoms with van der Waals surface area (Å²) >= 11 is 2.72. The molecule has 4 heteroatoms. The highest BCUT2D eigenvalue weighted by Gasteiger charge is 2.05. The number of carbonyl (C=O) groups is 1. The molecule has 1 N–H and O–H groups in total. The molecule has 0 aromatic rings. The zero-order chi connectivity index (χ0) is 15.8. The molecule has 0 aliphatic carbocycles. The smallest absolute Gasteiger partial charge is 0.256 e. The summed E-state index contributed by atoms with van der Waals surface area (Å²) in [5.74, 6) is -0.256. The summed E-state index contributed by atoms with van der Waals surface area (Å²) in [6, 6.07) is 0. The van der Waals surface area contributed by atoms with Crippen LogP contribution in [0.4, 0.5) is 0 Å². The largest absolute Gasteiger partial charge is 0.275 e. The first-order valence-electron chi connectivity index (χ1n) is 8.86. The summed E-state index contributed by atoms with van der Waals surface area (Å²) in [6.45, 7) is 2.26. The summed E-state index contributed by atoms with van der Waals surface area (Å²) in [5, 5.41) is 8.83. The monoisotopic (exact) mass is 363 g/mol. The van der Waals surface area contributed by atoms with Gasteiger partial charge in [-0.25, -0.2) is 0 Å². The van der Waals surface area contributed by atoms with Crippen molar-refractivity contribution in [3.63, 3.8) is 0 Å². The van der Waals surface area contributed by atoms with E-state index in [1.165, 1.54) is 77.0 Å². The highest BCUT2D eigenvalue weighted by Crippen LogP contribution is 2.13. The highest BCUT2D eigenvalue weighted by molar-refractivity contribution is 9.07. The van der Waals surface area contributed by atoms with Gasteiger partial charge in [0.05, 0.1) is 16.1 Å². The zero-order valence-corrected chi connectivity index (χ0v) is 15.4. The topological polar surface area (TPSA) is 40.5 Å². The number of halogens is 1. The molecule has 126 valence electrons. The summed E-state index contributed by atoms with van der Waals surface area (Å²) in [4.78, 5) is 11.1. The van der Waals surface area contributed by atoms with Crippen LogP contribution in [-0.2, 0) is 4.79 Å². The predicted molar refractivity (Wildman–Crippen MR) is 92.5 cm³/mol. The van der Waals surface area contributed by atoms with E-state index in [1.807, 2.05) is 0 Å². The summed E-state index contributed by atoms with van der Waals surface area (Å²) in [5.41, 5.74) is 0. The Kier molecular flexibility index (Phi) is 16.2. The van der Waals surface area contributed by atoms with Crippen molar-refractivity contribution in [1.82, 2.24) is 4.09 Å². The molecule has 0 rings (SSSR count). The van der Waals surface area contributed by atoms with Gasteiger partial charge in [0, 0.05) is 6.42 Å². The second-order valence-corrected chi connectivity index (χ2v) is 6.67. The third-order valence-corrected chi connectivity index (χ3v) is 4.35. The summed E-state index contributed by atoms with van der Waals surface area (Å²) < 4.78 is 0.509. The molecule has 0 radical (unpaired) electrons. The third kappa shape index (κ3) is 16.1. The van der Waals surface area contributed by atoms with E-state index < -0.39 is 0 Å². The van der Waals surface area contributed by atoms with Gasteiger partial charge < -0.3 is 0 Å². The van der Waals surface area contributed by atoms with Gasteiger partial charge in [0.25, 0.3) is 5.91 Å². The Morgan fingerprint density at radius 2 is 1.10 bits per heavy atom. The summed E-state index contributed by atoms with van der Waals surface area (Å²) in [6.07, 6.45) is 18.8. The van der Waals surface area contributed by atoms with E-state index in [9.17, 15) is 4.79 Å². The lowest BCUT2D eigenvalue weighted by atomic mass is 10.0. The van der Waals surface area contributed by atoms with Gasteiger partial charge >= 0.3 is 0 Å². The molecule has 0 aromatic heterocycles. The van der Waals surface area contributed by atoms with E-state index in [1.54, 1.807) is 0 Å². The number of hydroxylamine groups is 1. The molecule has 0 bridgehead atoms. The lowest BCUT2D eigenvalue weighted by molar-refractivity contribution is -0.143. The first kappa shape index (κ1) is 20.9. The Hall–Kier alpha value is -0.0900. The van der Waals surface area contributed by atoms with Crippen LogP contribution >= 0.6 is 16.1 Å². The predicted octanol–water partition coefficient (Wildman–Crippen LogP) is 6.39. The van der Waals surface area contributed by atoms with Crippen molar-refractivity contribution in [2.45, 2.75) is 103 Å². The van der Waals surface area contributed by atoms with Crippen LogP contribution in [0.15, 0.2) is 0 Å². The van der Waals surface area contributed by atoms with Crippen LogP contribution in [-0.4, -0.2) is 15.2 Å². The quantitative estimate of drug-likeness (QED) is 0.158. The van der Waals surface area contributed by atoms with Crippen molar-refractivity contribution in [3.05, 3.63) is 0 Å². The number of amides is 1. The Morgan fingerprint density at radius 1 is 0.762 bits per heavy atom. The number of nitrogens with zero attached hydrogens (tertiary/aromatic N) is 1. The van der Waals surface area contributed by atoms with E-state index in [4.69, 9.17) is 5.21 Å². The highest BCUT2D eigenvalue weighted by atomic mass is 79.9. The normalized spacial score (nSPS) is 10.8. The van der Waals surface area contributed by atoms with Gasteiger partial charge in [-0.3, -0.25) is 10.0 Å². The number of hydrogen-bond donors (Lipinski definition) is 1. The van der Waals surface area contributed by atoms with Gasteiger partial charge in [-0.2, -0.15) is 4.09 Å². The Bertz CT molecular complexity index is 235. The fourth-order valence-corrected chi connectivity index (χ4v) is 2.74. The second-order valence-electron chi connectivity index (χ2n) is 6.00. The van der Waals surface area contributed by atoms with Crippen LogP contribution in [0.3, 0.4) is 0 Å². The van der Waals surface area contributed by atoms with Crippen LogP contribution in [0.25, 0.3) is 0 Å². The van der Waals surface area contributed by atoms with Crippen LogP contribution < -0.4 is 0 Å². The molecule has 0 aliphatic heterocycles. The SMILES string of the molecule is CCCCCCCCCCCCCCCCC(=O)N(O)Br. The Labute approximate surface area is 139 Å². The molecule has 3 nitrogen and oxygen atoms in total. The number of carbonyl (C=O) groups excluding carboxylic acids is 1. The van der Waals surface area contributed by atoms with Crippen LogP contribution in [0.2, 0.25) is 0 Å². The third-order valence-electron chi connectivity index (χ3n) is 3.95. The average Bonchev–Trinajstić information content (AvgIpc) is 2.47. The van der Waals surface area contributed by atoms with Crippen molar-refractivity contribution in [1.29, 1.82) is 0 Å². The number of hydrogen-bond acceptors (Lipinski definition) is 2. The van der Waals surface area contributed by atoms with Gasteiger partial charge in [0.15, 0.2) is 0 Å². The van der Waals surface area contributed by atoms with Gasteiger partial charge in [0.1, 0.15) is 0 Å². The molecule has 0 saturated heterocycles. The fraction of sp³-hybridized carbons (Fsp3) is 0.941. The van der Waals surface area contributed by atoms with Crippen molar-refractivity contribution >= 4 is 22.1 Å². The molecule has 0 atom stereocenters. The first-order valence-corrected chi connectivity index (χ1v) is 9.57. The number of rotatable bonds is 15. The van der Waals surface area contributed by atoms with Crippen LogP contribution in [0, 0.1) is 0 Å². The van der Waals surface area contributed by atoms with Gasteiger partial charge in [0.2, 0.25) is 0 Å². The molecule has 0 unspecified atom stereocenters. The van der Waals surface area contributed by atoms with Crippen molar-refractivity contribution in [2.24, 2.45) is 0 Å². The standard InChI is InChI=1S/C17H34BrNO2/c1-2-3-4-5-6-7-8-9-10-11-12-13-14-15-16-17(20)19(18)21/h21H,2-16H2,1H3. The summed E-state index contributed by atoms with van der Waals surface area (Å²) in [7, 11) is 0. The lowest BCUT2D eigenvalue weighted by Crippen LogP contribution is -2.15. The van der Waals surface area contributed by atoms with Gasteiger partial charge in [-0.05, 0) is 6.42 Å². The Balaban J connectivity index is 3.04. The molecule has 0 saturated carbocycles. The maximum absolute atomic E-state index is 11.1. The van der Waals surface area contributed by atoms with Gasteiger partial charge in [-0.1, -0.05) is 90.4 Å². The molecule has 0 aromatic carbocycles.